The van der Waals surface area contributed by atoms with E-state index < -0.39 is 10.0 Å². The Bertz CT molecular complexity index is 547. The van der Waals surface area contributed by atoms with E-state index in [1.54, 1.807) is 18.2 Å². The summed E-state index contributed by atoms with van der Waals surface area (Å²) in [5.74, 6) is 0. The van der Waals surface area contributed by atoms with Gasteiger partial charge in [-0.15, -0.1) is 0 Å². The van der Waals surface area contributed by atoms with Crippen molar-refractivity contribution in [2.45, 2.75) is 18.2 Å². The Morgan fingerprint density at radius 3 is 2.40 bits per heavy atom. The van der Waals surface area contributed by atoms with Crippen molar-refractivity contribution in [2.75, 3.05) is 39.5 Å². The molecule has 0 bridgehead atoms. The van der Waals surface area contributed by atoms with Crippen molar-refractivity contribution in [3.63, 3.8) is 0 Å². The molecule has 5 nitrogen and oxygen atoms in total. The minimum Gasteiger partial charge on any atom is -0.398 e. The quantitative estimate of drug-likeness (QED) is 0.752. The predicted octanol–water partition coefficient (Wildman–Crippen LogP) is 1.99. The molecule has 0 fully saturated rings. The molecule has 1 aromatic carbocycles. The summed E-state index contributed by atoms with van der Waals surface area (Å²) < 4.78 is 27.4. The van der Waals surface area contributed by atoms with Gasteiger partial charge in [-0.25, -0.2) is 8.42 Å². The fraction of sp³-hybridized carbons (Fsp3) is 0.538. The third-order valence-electron chi connectivity index (χ3n) is 2.96. The molecule has 0 unspecified atom stereocenters. The molecule has 0 radical (unpaired) electrons. The number of rotatable bonds is 7. The summed E-state index contributed by atoms with van der Waals surface area (Å²) >= 11 is 3.28. The number of benzene rings is 1. The van der Waals surface area contributed by atoms with Crippen molar-refractivity contribution in [3.8, 4) is 0 Å². The lowest BCUT2D eigenvalue weighted by molar-refractivity contribution is 0.356. The van der Waals surface area contributed by atoms with Crippen molar-refractivity contribution >= 4 is 31.6 Å². The van der Waals surface area contributed by atoms with E-state index in [-0.39, 0.29) is 10.6 Å². The van der Waals surface area contributed by atoms with Crippen molar-refractivity contribution in [1.29, 1.82) is 0 Å². The van der Waals surface area contributed by atoms with E-state index in [0.717, 1.165) is 17.4 Å². The van der Waals surface area contributed by atoms with Gasteiger partial charge in [-0.3, -0.25) is 0 Å². The number of nitrogen functional groups attached to an aromatic ring is 1. The van der Waals surface area contributed by atoms with Crippen molar-refractivity contribution in [1.82, 2.24) is 9.21 Å². The number of halogens is 1. The Morgan fingerprint density at radius 1 is 1.25 bits per heavy atom. The molecule has 0 heterocycles. The zero-order valence-corrected chi connectivity index (χ0v) is 14.5. The first-order valence-corrected chi connectivity index (χ1v) is 8.72. The van der Waals surface area contributed by atoms with Crippen LogP contribution in [0.15, 0.2) is 27.6 Å². The van der Waals surface area contributed by atoms with Gasteiger partial charge in [0, 0.05) is 17.6 Å². The van der Waals surface area contributed by atoms with Crippen LogP contribution < -0.4 is 5.73 Å². The van der Waals surface area contributed by atoms with E-state index in [1.807, 2.05) is 25.9 Å². The van der Waals surface area contributed by atoms with Crippen LogP contribution in [0.25, 0.3) is 0 Å². The first-order chi connectivity index (χ1) is 9.28. The second-order valence-corrected chi connectivity index (χ2v) is 7.66. The molecule has 0 aliphatic rings. The average Bonchev–Trinajstić information content (AvgIpc) is 2.33. The average molecular weight is 364 g/mol. The standard InChI is InChI=1S/C13H22BrN3O2S/c1-4-17(9-5-8-16(2)3)20(18,19)13-7-6-11(14)10-12(13)15/h6-7,10H,4-5,8-9,15H2,1-3H3. The maximum Gasteiger partial charge on any atom is 0.245 e. The smallest absolute Gasteiger partial charge is 0.245 e. The van der Waals surface area contributed by atoms with Gasteiger partial charge in [0.2, 0.25) is 10.0 Å². The molecular formula is C13H22BrN3O2S. The van der Waals surface area contributed by atoms with Crippen LogP contribution in [0.4, 0.5) is 5.69 Å². The molecule has 7 heteroatoms. The Kier molecular flexibility index (Phi) is 6.44. The van der Waals surface area contributed by atoms with Crippen LogP contribution in [0.3, 0.4) is 0 Å². The summed E-state index contributed by atoms with van der Waals surface area (Å²) in [4.78, 5) is 2.21. The third kappa shape index (κ3) is 4.44. The van der Waals surface area contributed by atoms with E-state index in [4.69, 9.17) is 5.73 Å². The largest absolute Gasteiger partial charge is 0.398 e. The predicted molar refractivity (Wildman–Crippen MR) is 86.2 cm³/mol. The molecule has 0 aliphatic carbocycles. The van der Waals surface area contributed by atoms with E-state index in [9.17, 15) is 8.42 Å². The highest BCUT2D eigenvalue weighted by Crippen LogP contribution is 2.25. The first-order valence-electron chi connectivity index (χ1n) is 6.49. The monoisotopic (exact) mass is 363 g/mol. The van der Waals surface area contributed by atoms with Gasteiger partial charge in [-0.05, 0) is 45.3 Å². The van der Waals surface area contributed by atoms with Gasteiger partial charge in [-0.1, -0.05) is 22.9 Å². The summed E-state index contributed by atoms with van der Waals surface area (Å²) in [6.07, 6.45) is 0.788. The molecule has 0 atom stereocenters. The van der Waals surface area contributed by atoms with Gasteiger partial charge in [0.1, 0.15) is 4.90 Å². The maximum absolute atomic E-state index is 12.6. The molecule has 1 aromatic rings. The zero-order valence-electron chi connectivity index (χ0n) is 12.1. The topological polar surface area (TPSA) is 66.6 Å². The molecule has 0 spiro atoms. The summed E-state index contributed by atoms with van der Waals surface area (Å²) in [6.45, 7) is 3.61. The molecule has 1 rings (SSSR count). The summed E-state index contributed by atoms with van der Waals surface area (Å²) in [7, 11) is 0.412. The normalized spacial score (nSPS) is 12.3. The third-order valence-corrected chi connectivity index (χ3v) is 5.50. The second-order valence-electron chi connectivity index (χ2n) is 4.84. The van der Waals surface area contributed by atoms with E-state index >= 15 is 0 Å². The number of nitrogens with zero attached hydrogens (tertiary/aromatic N) is 2. The minimum absolute atomic E-state index is 0.174. The highest BCUT2D eigenvalue weighted by atomic mass is 79.9. The van der Waals surface area contributed by atoms with Crippen molar-refractivity contribution in [2.24, 2.45) is 0 Å². The number of sulfonamides is 1. The summed E-state index contributed by atoms with van der Waals surface area (Å²) in [6, 6.07) is 4.85. The van der Waals surface area contributed by atoms with Crippen molar-refractivity contribution < 1.29 is 8.42 Å². The number of hydrogen-bond donors (Lipinski definition) is 1. The Balaban J connectivity index is 2.94. The van der Waals surface area contributed by atoms with Crippen LogP contribution in [0.2, 0.25) is 0 Å². The van der Waals surface area contributed by atoms with Crippen LogP contribution >= 0.6 is 15.9 Å². The van der Waals surface area contributed by atoms with Crippen LogP contribution in [-0.4, -0.2) is 51.4 Å². The SMILES string of the molecule is CCN(CCCN(C)C)S(=O)(=O)c1ccc(Br)cc1N. The molecular weight excluding hydrogens is 342 g/mol. The van der Waals surface area contributed by atoms with Gasteiger partial charge in [0.05, 0.1) is 5.69 Å². The Hall–Kier alpha value is -0.630. The molecule has 0 amide bonds. The lowest BCUT2D eigenvalue weighted by atomic mass is 10.3. The van der Waals surface area contributed by atoms with Crippen molar-refractivity contribution in [3.05, 3.63) is 22.7 Å². The van der Waals surface area contributed by atoms with Gasteiger partial charge in [0.15, 0.2) is 0 Å². The molecule has 114 valence electrons. The first kappa shape index (κ1) is 17.4. The van der Waals surface area contributed by atoms with E-state index in [1.165, 1.54) is 4.31 Å². The highest BCUT2D eigenvalue weighted by Gasteiger charge is 2.24. The molecule has 0 saturated heterocycles. The highest BCUT2D eigenvalue weighted by molar-refractivity contribution is 9.10. The van der Waals surface area contributed by atoms with Crippen LogP contribution in [0.5, 0.6) is 0 Å². The minimum atomic E-state index is -3.53. The summed E-state index contributed by atoms with van der Waals surface area (Å²) in [5.41, 5.74) is 6.10. The van der Waals surface area contributed by atoms with Crippen LogP contribution in [-0.2, 0) is 10.0 Å². The zero-order chi connectivity index (χ0) is 15.3. The van der Waals surface area contributed by atoms with Gasteiger partial charge >= 0.3 is 0 Å². The Morgan fingerprint density at radius 2 is 1.90 bits per heavy atom. The van der Waals surface area contributed by atoms with Crippen LogP contribution in [0, 0.1) is 0 Å². The second kappa shape index (κ2) is 7.40. The number of anilines is 1. The Labute approximate surface area is 129 Å². The lowest BCUT2D eigenvalue weighted by Gasteiger charge is -2.22. The molecule has 2 N–H and O–H groups in total. The molecule has 0 aromatic heterocycles. The fourth-order valence-corrected chi connectivity index (χ4v) is 3.87. The summed E-state index contributed by atoms with van der Waals surface area (Å²) in [5, 5.41) is 0. The van der Waals surface area contributed by atoms with Gasteiger partial charge in [0.25, 0.3) is 0 Å². The molecule has 0 aliphatic heterocycles. The van der Waals surface area contributed by atoms with Crippen LogP contribution in [0.1, 0.15) is 13.3 Å². The van der Waals surface area contributed by atoms with E-state index in [2.05, 4.69) is 15.9 Å². The maximum atomic E-state index is 12.6. The van der Waals surface area contributed by atoms with Gasteiger partial charge in [-0.2, -0.15) is 4.31 Å². The molecule has 20 heavy (non-hydrogen) atoms. The van der Waals surface area contributed by atoms with E-state index in [0.29, 0.717) is 13.1 Å². The number of hydrogen-bond acceptors (Lipinski definition) is 4. The fourth-order valence-electron chi connectivity index (χ4n) is 1.90. The van der Waals surface area contributed by atoms with Gasteiger partial charge < -0.3 is 10.6 Å². The molecule has 0 saturated carbocycles. The number of nitrogens with two attached hydrogens (primary N) is 1. The lowest BCUT2D eigenvalue weighted by Crippen LogP contribution is -2.33.